The minimum Gasteiger partial charge on any atom is -0.463 e. The van der Waals surface area contributed by atoms with Gasteiger partial charge in [0.15, 0.2) is 0 Å². The summed E-state index contributed by atoms with van der Waals surface area (Å²) in [5, 5.41) is 10.2. The molecule has 1 heterocycles. The van der Waals surface area contributed by atoms with E-state index >= 15 is 0 Å². The monoisotopic (exact) mass is 233 g/mol. The number of benzene rings is 1. The van der Waals surface area contributed by atoms with Crippen LogP contribution < -0.4 is 0 Å². The minimum atomic E-state index is -0.312. The highest BCUT2D eigenvalue weighted by Gasteiger charge is 1.98. The highest BCUT2D eigenvalue weighted by atomic mass is 16.5. The van der Waals surface area contributed by atoms with Crippen LogP contribution in [0.15, 0.2) is 36.4 Å². The molecular weight excluding hydrogens is 218 g/mol. The molecule has 1 aromatic heterocycles. The van der Waals surface area contributed by atoms with Gasteiger partial charge in [-0.05, 0) is 26.0 Å². The number of aromatic nitrogens is 3. The van der Waals surface area contributed by atoms with Crippen LogP contribution in [0, 0.1) is 0 Å². The predicted octanol–water partition coefficient (Wildman–Crippen LogP) is 2.08. The topological polar surface area (TPSA) is 67.9 Å². The third-order valence-electron chi connectivity index (χ3n) is 1.86. The van der Waals surface area contributed by atoms with Crippen LogP contribution in [0.2, 0.25) is 0 Å². The van der Waals surface area contributed by atoms with Crippen molar-refractivity contribution in [3.05, 3.63) is 36.4 Å². The molecule has 17 heavy (non-hydrogen) atoms. The van der Waals surface area contributed by atoms with Gasteiger partial charge in [0.2, 0.25) is 0 Å². The molecule has 0 fully saturated rings. The number of hydrogen-bond acceptors (Lipinski definition) is 4. The molecule has 0 aliphatic heterocycles. The fraction of sp³-hybridized carbons (Fsp3) is 0.250. The Hall–Kier alpha value is -2.17. The van der Waals surface area contributed by atoms with E-state index in [1.54, 1.807) is 13.8 Å². The summed E-state index contributed by atoms with van der Waals surface area (Å²) < 4.78 is 4.56. The van der Waals surface area contributed by atoms with Crippen LogP contribution in [0.4, 0.5) is 0 Å². The number of aromatic amines is 1. The molecule has 2 rings (SSSR count). The molecule has 0 aliphatic rings. The second-order valence-corrected chi connectivity index (χ2v) is 3.33. The lowest BCUT2D eigenvalue weighted by Gasteiger charge is -1.96. The molecule has 1 aromatic carbocycles. The Balaban J connectivity index is 0.000000172. The van der Waals surface area contributed by atoms with Gasteiger partial charge in [0.1, 0.15) is 5.52 Å². The van der Waals surface area contributed by atoms with Gasteiger partial charge in [-0.25, -0.2) is 4.79 Å². The largest absolute Gasteiger partial charge is 0.463 e. The van der Waals surface area contributed by atoms with Crippen LogP contribution >= 0.6 is 0 Å². The zero-order chi connectivity index (χ0) is 12.7. The van der Waals surface area contributed by atoms with Gasteiger partial charge in [0.25, 0.3) is 0 Å². The van der Waals surface area contributed by atoms with E-state index in [-0.39, 0.29) is 5.97 Å². The normalized spacial score (nSPS) is 9.29. The van der Waals surface area contributed by atoms with E-state index in [0.29, 0.717) is 12.2 Å². The highest BCUT2D eigenvalue weighted by Crippen LogP contribution is 2.03. The first-order chi connectivity index (χ1) is 8.15. The van der Waals surface area contributed by atoms with Gasteiger partial charge in [-0.3, -0.25) is 5.10 Å². The Bertz CT molecular complexity index is 475. The zero-order valence-electron chi connectivity index (χ0n) is 9.93. The molecule has 0 unspecified atom stereocenters. The van der Waals surface area contributed by atoms with Crippen LogP contribution in [-0.4, -0.2) is 28.0 Å². The highest BCUT2D eigenvalue weighted by molar-refractivity contribution is 5.86. The summed E-state index contributed by atoms with van der Waals surface area (Å²) in [7, 11) is 0. The van der Waals surface area contributed by atoms with Crippen molar-refractivity contribution in [2.45, 2.75) is 13.8 Å². The van der Waals surface area contributed by atoms with Crippen LogP contribution in [-0.2, 0) is 9.53 Å². The average Bonchev–Trinajstić information content (AvgIpc) is 2.78. The molecule has 2 aromatic rings. The van der Waals surface area contributed by atoms with Crippen molar-refractivity contribution in [3.63, 3.8) is 0 Å². The van der Waals surface area contributed by atoms with Gasteiger partial charge in [0, 0.05) is 5.57 Å². The first-order valence-electron chi connectivity index (χ1n) is 5.23. The van der Waals surface area contributed by atoms with Crippen molar-refractivity contribution < 1.29 is 9.53 Å². The van der Waals surface area contributed by atoms with Gasteiger partial charge in [-0.1, -0.05) is 23.9 Å². The Morgan fingerprint density at radius 1 is 1.47 bits per heavy atom. The summed E-state index contributed by atoms with van der Waals surface area (Å²) in [5.41, 5.74) is 2.35. The molecule has 1 N–H and O–H groups in total. The maximum absolute atomic E-state index is 10.4. The lowest BCUT2D eigenvalue weighted by Crippen LogP contribution is -2.03. The van der Waals surface area contributed by atoms with Crippen LogP contribution in [0.3, 0.4) is 0 Å². The quantitative estimate of drug-likeness (QED) is 0.637. The second kappa shape index (κ2) is 6.42. The van der Waals surface area contributed by atoms with E-state index in [4.69, 9.17) is 0 Å². The molecular formula is C12H15N3O2. The molecule has 5 nitrogen and oxygen atoms in total. The SMILES string of the molecule is C=C(C)C(=O)OCC.c1ccc2[nH]nnc2c1. The molecule has 0 atom stereocenters. The number of carbonyl (C=O) groups is 1. The van der Waals surface area contributed by atoms with Crippen molar-refractivity contribution in [2.75, 3.05) is 6.61 Å². The summed E-state index contributed by atoms with van der Waals surface area (Å²) in [6.07, 6.45) is 0. The number of para-hydroxylation sites is 1. The zero-order valence-corrected chi connectivity index (χ0v) is 9.93. The van der Waals surface area contributed by atoms with Crippen molar-refractivity contribution >= 4 is 17.0 Å². The van der Waals surface area contributed by atoms with E-state index in [1.165, 1.54) is 0 Å². The van der Waals surface area contributed by atoms with Crippen molar-refractivity contribution in [1.82, 2.24) is 15.4 Å². The lowest BCUT2D eigenvalue weighted by atomic mass is 10.3. The number of fused-ring (bicyclic) bond motifs is 1. The van der Waals surface area contributed by atoms with E-state index in [9.17, 15) is 4.79 Å². The van der Waals surface area contributed by atoms with Crippen LogP contribution in [0.1, 0.15) is 13.8 Å². The Labute approximate surface area is 99.5 Å². The summed E-state index contributed by atoms with van der Waals surface area (Å²) >= 11 is 0. The number of esters is 1. The van der Waals surface area contributed by atoms with E-state index in [1.807, 2.05) is 24.3 Å². The molecule has 0 amide bonds. The molecule has 0 radical (unpaired) electrons. The van der Waals surface area contributed by atoms with E-state index < -0.39 is 0 Å². The Kier molecular flexibility index (Phi) is 4.87. The Morgan fingerprint density at radius 3 is 2.71 bits per heavy atom. The first-order valence-corrected chi connectivity index (χ1v) is 5.23. The number of H-pyrrole nitrogens is 1. The minimum absolute atomic E-state index is 0.312. The molecule has 0 aliphatic carbocycles. The smallest absolute Gasteiger partial charge is 0.333 e. The number of nitrogens with zero attached hydrogens (tertiary/aromatic N) is 2. The fourth-order valence-electron chi connectivity index (χ4n) is 1.04. The standard InChI is InChI=1S/C6H5N3.C6H10O2/c1-2-4-6-5(3-1)7-9-8-6;1-4-8-6(7)5(2)3/h1-4H,(H,7,8,9);2,4H2,1,3H3. The maximum Gasteiger partial charge on any atom is 0.333 e. The summed E-state index contributed by atoms with van der Waals surface area (Å²) in [6.45, 7) is 7.21. The van der Waals surface area contributed by atoms with Crippen molar-refractivity contribution in [3.8, 4) is 0 Å². The van der Waals surface area contributed by atoms with Gasteiger partial charge < -0.3 is 4.74 Å². The van der Waals surface area contributed by atoms with Gasteiger partial charge >= 0.3 is 5.97 Å². The number of rotatable bonds is 2. The third-order valence-corrected chi connectivity index (χ3v) is 1.86. The number of ether oxygens (including phenoxy) is 1. The number of carbonyl (C=O) groups excluding carboxylic acids is 1. The predicted molar refractivity (Wildman–Crippen MR) is 65.3 cm³/mol. The molecule has 5 heteroatoms. The number of hydrogen-bond donors (Lipinski definition) is 1. The van der Waals surface area contributed by atoms with Crippen molar-refractivity contribution in [2.24, 2.45) is 0 Å². The molecule has 0 saturated carbocycles. The van der Waals surface area contributed by atoms with E-state index in [2.05, 4.69) is 26.7 Å². The van der Waals surface area contributed by atoms with Crippen molar-refractivity contribution in [1.29, 1.82) is 0 Å². The molecule has 0 spiro atoms. The van der Waals surface area contributed by atoms with Gasteiger partial charge in [-0.2, -0.15) is 0 Å². The van der Waals surface area contributed by atoms with Gasteiger partial charge in [-0.15, -0.1) is 5.10 Å². The van der Waals surface area contributed by atoms with Crippen LogP contribution in [0.25, 0.3) is 11.0 Å². The average molecular weight is 233 g/mol. The molecule has 0 bridgehead atoms. The third kappa shape index (κ3) is 4.06. The summed E-state index contributed by atoms with van der Waals surface area (Å²) in [4.78, 5) is 10.4. The molecule has 90 valence electrons. The fourth-order valence-corrected chi connectivity index (χ4v) is 1.04. The Morgan fingerprint density at radius 2 is 2.18 bits per heavy atom. The molecule has 0 saturated heterocycles. The second-order valence-electron chi connectivity index (χ2n) is 3.33. The number of nitrogens with one attached hydrogen (secondary N) is 1. The van der Waals surface area contributed by atoms with Crippen LogP contribution in [0.5, 0.6) is 0 Å². The first kappa shape index (κ1) is 12.9. The lowest BCUT2D eigenvalue weighted by molar-refractivity contribution is -0.138. The van der Waals surface area contributed by atoms with E-state index in [0.717, 1.165) is 11.0 Å². The maximum atomic E-state index is 10.4. The summed E-state index contributed by atoms with van der Waals surface area (Å²) in [6, 6.07) is 7.74. The summed E-state index contributed by atoms with van der Waals surface area (Å²) in [5.74, 6) is -0.312. The van der Waals surface area contributed by atoms with Gasteiger partial charge in [0.05, 0.1) is 12.1 Å².